The van der Waals surface area contributed by atoms with Gasteiger partial charge in [0.25, 0.3) is 5.56 Å². The number of anilines is 2. The summed E-state index contributed by atoms with van der Waals surface area (Å²) in [5.41, 5.74) is 0.571. The van der Waals surface area contributed by atoms with Crippen LogP contribution in [0.1, 0.15) is 12.1 Å². The molecule has 2 aromatic heterocycles. The summed E-state index contributed by atoms with van der Waals surface area (Å²) in [5.74, 6) is 0.652. The normalized spacial score (nSPS) is 17.3. The van der Waals surface area contributed by atoms with Gasteiger partial charge >= 0.3 is 0 Å². The molecule has 3 heterocycles. The van der Waals surface area contributed by atoms with Crippen LogP contribution in [0.3, 0.4) is 0 Å². The summed E-state index contributed by atoms with van der Waals surface area (Å²) < 4.78 is 13.0. The second kappa shape index (κ2) is 7.14. The average molecular weight is 347 g/mol. The van der Waals surface area contributed by atoms with Gasteiger partial charge in [0, 0.05) is 45.8 Å². The monoisotopic (exact) mass is 347 g/mol. The molecule has 1 atom stereocenters. The lowest BCUT2D eigenvalue weighted by molar-refractivity contribution is 0.247. The summed E-state index contributed by atoms with van der Waals surface area (Å²) in [4.78, 5) is 33.0. The Morgan fingerprint density at radius 2 is 2.04 bits per heavy atom. The molecule has 1 aliphatic heterocycles. The lowest BCUT2D eigenvalue weighted by Crippen LogP contribution is -2.35. The number of likely N-dealkylation sites (N-methyl/N-ethyl adjacent to an activating group) is 1. The van der Waals surface area contributed by atoms with Crippen LogP contribution in [0.5, 0.6) is 0 Å². The van der Waals surface area contributed by atoms with Gasteiger partial charge in [-0.05, 0) is 13.5 Å². The summed E-state index contributed by atoms with van der Waals surface area (Å²) in [6, 6.07) is 1.82. The highest BCUT2D eigenvalue weighted by atomic mass is 19.1. The summed E-state index contributed by atoms with van der Waals surface area (Å²) in [7, 11) is 5.69. The predicted octanol–water partition coefficient (Wildman–Crippen LogP) is 0.476. The molecule has 0 aromatic carbocycles. The lowest BCUT2D eigenvalue weighted by Gasteiger charge is -2.24. The fourth-order valence-corrected chi connectivity index (χ4v) is 2.92. The molecule has 1 aliphatic rings. The SMILES string of the molecule is CN(C)c1nc(CN(C)C2CCN(c3ncc(F)cn3)C2)cc(=O)[nH]1. The Hall–Kier alpha value is -2.55. The number of hydrogen-bond donors (Lipinski definition) is 1. The van der Waals surface area contributed by atoms with E-state index in [1.165, 1.54) is 18.5 Å². The molecule has 0 bridgehead atoms. The fraction of sp³-hybridized carbons (Fsp3) is 0.500. The minimum atomic E-state index is -0.436. The van der Waals surface area contributed by atoms with E-state index in [4.69, 9.17) is 0 Å². The molecule has 0 aliphatic carbocycles. The zero-order valence-corrected chi connectivity index (χ0v) is 14.6. The second-order valence-corrected chi connectivity index (χ2v) is 6.46. The molecule has 9 heteroatoms. The van der Waals surface area contributed by atoms with Crippen molar-refractivity contribution in [1.82, 2.24) is 24.8 Å². The Bertz CT molecular complexity index is 777. The van der Waals surface area contributed by atoms with Crippen molar-refractivity contribution in [3.05, 3.63) is 40.3 Å². The number of H-pyrrole nitrogens is 1. The number of aromatic nitrogens is 4. The van der Waals surface area contributed by atoms with Gasteiger partial charge in [-0.3, -0.25) is 14.7 Å². The smallest absolute Gasteiger partial charge is 0.252 e. The molecule has 3 rings (SSSR count). The van der Waals surface area contributed by atoms with Gasteiger partial charge in [0.15, 0.2) is 5.82 Å². The van der Waals surface area contributed by atoms with Crippen molar-refractivity contribution in [2.24, 2.45) is 0 Å². The molecule has 25 heavy (non-hydrogen) atoms. The maximum absolute atomic E-state index is 13.0. The second-order valence-electron chi connectivity index (χ2n) is 6.46. The van der Waals surface area contributed by atoms with Crippen LogP contribution in [0.2, 0.25) is 0 Å². The quantitative estimate of drug-likeness (QED) is 0.842. The molecule has 8 nitrogen and oxygen atoms in total. The lowest BCUT2D eigenvalue weighted by atomic mass is 10.2. The minimum Gasteiger partial charge on any atom is -0.348 e. The molecule has 1 unspecified atom stereocenters. The third-order valence-electron chi connectivity index (χ3n) is 4.29. The first-order valence-electron chi connectivity index (χ1n) is 8.12. The van der Waals surface area contributed by atoms with E-state index in [2.05, 4.69) is 24.8 Å². The van der Waals surface area contributed by atoms with Crippen LogP contribution >= 0.6 is 0 Å². The fourth-order valence-electron chi connectivity index (χ4n) is 2.92. The van der Waals surface area contributed by atoms with Crippen LogP contribution < -0.4 is 15.4 Å². The van der Waals surface area contributed by atoms with E-state index in [-0.39, 0.29) is 11.6 Å². The summed E-state index contributed by atoms with van der Waals surface area (Å²) in [6.07, 6.45) is 3.31. The van der Waals surface area contributed by atoms with Crippen LogP contribution in [-0.2, 0) is 6.54 Å². The van der Waals surface area contributed by atoms with Crippen LogP contribution in [0.15, 0.2) is 23.3 Å². The van der Waals surface area contributed by atoms with Gasteiger partial charge in [-0.2, -0.15) is 0 Å². The molecule has 0 radical (unpaired) electrons. The third kappa shape index (κ3) is 4.11. The van der Waals surface area contributed by atoms with Crippen LogP contribution in [0.25, 0.3) is 0 Å². The minimum absolute atomic E-state index is 0.158. The molecule has 2 aromatic rings. The van der Waals surface area contributed by atoms with Crippen molar-refractivity contribution in [2.75, 3.05) is 44.0 Å². The van der Waals surface area contributed by atoms with E-state index in [9.17, 15) is 9.18 Å². The number of aromatic amines is 1. The number of halogens is 1. The van der Waals surface area contributed by atoms with Crippen LogP contribution in [0, 0.1) is 5.82 Å². The van der Waals surface area contributed by atoms with E-state index in [0.29, 0.717) is 18.4 Å². The zero-order chi connectivity index (χ0) is 18.0. The van der Waals surface area contributed by atoms with Crippen LogP contribution in [-0.4, -0.2) is 65.1 Å². The Labute approximate surface area is 145 Å². The van der Waals surface area contributed by atoms with Crippen molar-refractivity contribution in [1.29, 1.82) is 0 Å². The highest BCUT2D eigenvalue weighted by molar-refractivity contribution is 5.31. The van der Waals surface area contributed by atoms with E-state index >= 15 is 0 Å². The van der Waals surface area contributed by atoms with Gasteiger partial charge in [0.2, 0.25) is 11.9 Å². The molecule has 0 amide bonds. The van der Waals surface area contributed by atoms with E-state index in [0.717, 1.165) is 25.2 Å². The first-order chi connectivity index (χ1) is 11.9. The van der Waals surface area contributed by atoms with Gasteiger partial charge in [0.1, 0.15) is 0 Å². The Morgan fingerprint density at radius 3 is 2.72 bits per heavy atom. The molecule has 1 N–H and O–H groups in total. The predicted molar refractivity (Wildman–Crippen MR) is 93.3 cm³/mol. The van der Waals surface area contributed by atoms with E-state index in [1.54, 1.807) is 4.90 Å². The molecule has 0 saturated carbocycles. The highest BCUT2D eigenvalue weighted by Crippen LogP contribution is 2.20. The summed E-state index contributed by atoms with van der Waals surface area (Å²) in [6.45, 7) is 2.14. The molecular formula is C16H22FN7O. The first-order valence-corrected chi connectivity index (χ1v) is 8.12. The zero-order valence-electron chi connectivity index (χ0n) is 14.6. The average Bonchev–Trinajstić information content (AvgIpc) is 3.05. The van der Waals surface area contributed by atoms with Crippen molar-refractivity contribution in [3.63, 3.8) is 0 Å². The van der Waals surface area contributed by atoms with Crippen LogP contribution in [0.4, 0.5) is 16.3 Å². The number of nitrogens with zero attached hydrogens (tertiary/aromatic N) is 6. The highest BCUT2D eigenvalue weighted by Gasteiger charge is 2.27. The molecule has 0 spiro atoms. The van der Waals surface area contributed by atoms with Crippen molar-refractivity contribution in [3.8, 4) is 0 Å². The standard InChI is InChI=1S/C16H22FN7O/c1-22(2)16-20-12(6-14(25)21-16)9-23(3)13-4-5-24(10-13)15-18-7-11(17)8-19-15/h6-8,13H,4-5,9-10H2,1-3H3,(H,20,21,25). The molecular weight excluding hydrogens is 325 g/mol. The Morgan fingerprint density at radius 1 is 1.32 bits per heavy atom. The number of rotatable bonds is 5. The van der Waals surface area contributed by atoms with Gasteiger partial charge in [-0.1, -0.05) is 0 Å². The van der Waals surface area contributed by atoms with Crippen molar-refractivity contribution in [2.45, 2.75) is 19.0 Å². The molecule has 134 valence electrons. The first kappa shape index (κ1) is 17.3. The Balaban J connectivity index is 1.65. The van der Waals surface area contributed by atoms with E-state index in [1.807, 2.05) is 26.0 Å². The molecule has 1 fully saturated rings. The number of nitrogens with one attached hydrogen (secondary N) is 1. The maximum atomic E-state index is 13.0. The van der Waals surface area contributed by atoms with Crippen molar-refractivity contribution < 1.29 is 4.39 Å². The topological polar surface area (TPSA) is 81.2 Å². The summed E-state index contributed by atoms with van der Waals surface area (Å²) in [5, 5.41) is 0. The van der Waals surface area contributed by atoms with Gasteiger partial charge in [0.05, 0.1) is 18.1 Å². The largest absolute Gasteiger partial charge is 0.348 e. The van der Waals surface area contributed by atoms with Gasteiger partial charge < -0.3 is 9.80 Å². The van der Waals surface area contributed by atoms with Gasteiger partial charge in [-0.25, -0.2) is 19.3 Å². The maximum Gasteiger partial charge on any atom is 0.252 e. The van der Waals surface area contributed by atoms with E-state index < -0.39 is 5.82 Å². The van der Waals surface area contributed by atoms with Gasteiger partial charge in [-0.15, -0.1) is 0 Å². The Kier molecular flexibility index (Phi) is 4.93. The molecule has 1 saturated heterocycles. The third-order valence-corrected chi connectivity index (χ3v) is 4.29. The number of hydrogen-bond acceptors (Lipinski definition) is 7. The van der Waals surface area contributed by atoms with Crippen molar-refractivity contribution >= 4 is 11.9 Å². The summed E-state index contributed by atoms with van der Waals surface area (Å²) >= 11 is 0.